The second-order valence-corrected chi connectivity index (χ2v) is 5.49. The van der Waals surface area contributed by atoms with Gasteiger partial charge in [0, 0.05) is 25.5 Å². The SMILES string of the molecule is CN=C(NCc1cccs1)N(C)Cc1ccc(F)cc1. The van der Waals surface area contributed by atoms with Crippen molar-refractivity contribution in [2.75, 3.05) is 14.1 Å². The second kappa shape index (κ2) is 7.05. The fourth-order valence-corrected chi connectivity index (χ4v) is 2.55. The van der Waals surface area contributed by atoms with Gasteiger partial charge in [-0.1, -0.05) is 18.2 Å². The Kier molecular flexibility index (Phi) is 5.12. The van der Waals surface area contributed by atoms with Gasteiger partial charge >= 0.3 is 0 Å². The summed E-state index contributed by atoms with van der Waals surface area (Å²) in [5.41, 5.74) is 1.05. The Morgan fingerprint density at radius 2 is 2.05 bits per heavy atom. The van der Waals surface area contributed by atoms with E-state index in [0.29, 0.717) is 6.54 Å². The summed E-state index contributed by atoms with van der Waals surface area (Å²) in [6, 6.07) is 10.7. The number of hydrogen-bond acceptors (Lipinski definition) is 2. The van der Waals surface area contributed by atoms with Crippen molar-refractivity contribution in [3.63, 3.8) is 0 Å². The standard InChI is InChI=1S/C15H18FN3S/c1-17-15(18-10-14-4-3-9-20-14)19(2)11-12-5-7-13(16)8-6-12/h3-9H,10-11H2,1-2H3,(H,17,18). The first-order chi connectivity index (χ1) is 9.69. The molecule has 0 bridgehead atoms. The largest absolute Gasteiger partial charge is 0.351 e. The minimum absolute atomic E-state index is 0.211. The molecule has 2 rings (SSSR count). The number of nitrogens with one attached hydrogen (secondary N) is 1. The maximum absolute atomic E-state index is 12.9. The second-order valence-electron chi connectivity index (χ2n) is 4.46. The summed E-state index contributed by atoms with van der Waals surface area (Å²) in [5.74, 6) is 0.610. The molecule has 1 aromatic carbocycles. The van der Waals surface area contributed by atoms with Gasteiger partial charge in [0.1, 0.15) is 5.82 Å². The van der Waals surface area contributed by atoms with Crippen LogP contribution in [0.15, 0.2) is 46.8 Å². The zero-order chi connectivity index (χ0) is 14.4. The molecule has 1 N–H and O–H groups in total. The van der Waals surface area contributed by atoms with Crippen molar-refractivity contribution in [2.24, 2.45) is 4.99 Å². The Morgan fingerprint density at radius 3 is 2.65 bits per heavy atom. The van der Waals surface area contributed by atoms with Gasteiger partial charge in [0.05, 0.1) is 6.54 Å². The zero-order valence-electron chi connectivity index (χ0n) is 11.6. The third-order valence-electron chi connectivity index (χ3n) is 2.91. The normalized spacial score (nSPS) is 11.4. The lowest BCUT2D eigenvalue weighted by Gasteiger charge is -2.22. The molecule has 0 atom stereocenters. The zero-order valence-corrected chi connectivity index (χ0v) is 12.5. The summed E-state index contributed by atoms with van der Waals surface area (Å²) in [6.45, 7) is 1.45. The van der Waals surface area contributed by atoms with Gasteiger partial charge in [0.25, 0.3) is 0 Å². The lowest BCUT2D eigenvalue weighted by molar-refractivity contribution is 0.476. The van der Waals surface area contributed by atoms with E-state index >= 15 is 0 Å². The molecule has 2 aromatic rings. The maximum atomic E-state index is 12.9. The number of guanidine groups is 1. The Bertz CT molecular complexity index is 549. The predicted octanol–water partition coefficient (Wildman–Crippen LogP) is 3.09. The quantitative estimate of drug-likeness (QED) is 0.692. The molecule has 0 aliphatic heterocycles. The molecule has 1 heterocycles. The lowest BCUT2D eigenvalue weighted by Crippen LogP contribution is -2.37. The summed E-state index contributed by atoms with van der Waals surface area (Å²) in [5, 5.41) is 5.37. The van der Waals surface area contributed by atoms with Crippen LogP contribution in [0, 0.1) is 5.82 Å². The highest BCUT2D eigenvalue weighted by Gasteiger charge is 2.06. The van der Waals surface area contributed by atoms with E-state index in [-0.39, 0.29) is 5.82 Å². The first-order valence-corrected chi connectivity index (χ1v) is 7.25. The third kappa shape index (κ3) is 4.06. The molecule has 0 aliphatic carbocycles. The van der Waals surface area contributed by atoms with E-state index in [0.717, 1.165) is 18.1 Å². The highest BCUT2D eigenvalue weighted by atomic mass is 32.1. The van der Waals surface area contributed by atoms with Crippen LogP contribution in [0.1, 0.15) is 10.4 Å². The Labute approximate surface area is 122 Å². The van der Waals surface area contributed by atoms with Crippen LogP contribution >= 0.6 is 11.3 Å². The van der Waals surface area contributed by atoms with E-state index in [2.05, 4.69) is 21.8 Å². The number of thiophene rings is 1. The fourth-order valence-electron chi connectivity index (χ4n) is 1.90. The van der Waals surface area contributed by atoms with E-state index in [1.807, 2.05) is 18.0 Å². The summed E-state index contributed by atoms with van der Waals surface area (Å²) in [4.78, 5) is 7.54. The molecule has 0 aliphatic rings. The monoisotopic (exact) mass is 291 g/mol. The Morgan fingerprint density at radius 1 is 1.30 bits per heavy atom. The van der Waals surface area contributed by atoms with Crippen molar-refractivity contribution in [3.8, 4) is 0 Å². The van der Waals surface area contributed by atoms with E-state index in [4.69, 9.17) is 0 Å². The first kappa shape index (κ1) is 14.5. The van der Waals surface area contributed by atoms with Crippen molar-refractivity contribution in [2.45, 2.75) is 13.1 Å². The molecule has 0 spiro atoms. The number of rotatable bonds is 4. The van der Waals surface area contributed by atoms with E-state index in [9.17, 15) is 4.39 Å². The number of hydrogen-bond donors (Lipinski definition) is 1. The van der Waals surface area contributed by atoms with Crippen molar-refractivity contribution >= 4 is 17.3 Å². The van der Waals surface area contributed by atoms with E-state index < -0.39 is 0 Å². The first-order valence-electron chi connectivity index (χ1n) is 6.37. The molecule has 0 fully saturated rings. The Balaban J connectivity index is 1.91. The van der Waals surface area contributed by atoms with Crippen molar-refractivity contribution in [1.82, 2.24) is 10.2 Å². The van der Waals surface area contributed by atoms with Crippen molar-refractivity contribution in [3.05, 3.63) is 58.0 Å². The van der Waals surface area contributed by atoms with Crippen LogP contribution in [0.25, 0.3) is 0 Å². The predicted molar refractivity (Wildman–Crippen MR) is 82.4 cm³/mol. The average molecular weight is 291 g/mol. The van der Waals surface area contributed by atoms with E-state index in [1.165, 1.54) is 17.0 Å². The van der Waals surface area contributed by atoms with E-state index in [1.54, 1.807) is 30.5 Å². The summed E-state index contributed by atoms with van der Waals surface area (Å²) < 4.78 is 12.9. The van der Waals surface area contributed by atoms with Crippen LogP contribution in [0.2, 0.25) is 0 Å². The summed E-state index contributed by atoms with van der Waals surface area (Å²) >= 11 is 1.72. The van der Waals surface area contributed by atoms with Crippen molar-refractivity contribution in [1.29, 1.82) is 0 Å². The maximum Gasteiger partial charge on any atom is 0.193 e. The van der Waals surface area contributed by atoms with Gasteiger partial charge in [-0.25, -0.2) is 4.39 Å². The fraction of sp³-hybridized carbons (Fsp3) is 0.267. The van der Waals surface area contributed by atoms with Gasteiger partial charge in [0.15, 0.2) is 5.96 Å². The van der Waals surface area contributed by atoms with Gasteiger partial charge in [0.2, 0.25) is 0 Å². The third-order valence-corrected chi connectivity index (χ3v) is 3.78. The topological polar surface area (TPSA) is 27.6 Å². The minimum Gasteiger partial charge on any atom is -0.351 e. The van der Waals surface area contributed by atoms with Crippen LogP contribution in [0.4, 0.5) is 4.39 Å². The summed E-state index contributed by atoms with van der Waals surface area (Å²) in [6.07, 6.45) is 0. The molecule has 0 radical (unpaired) electrons. The molecule has 5 heteroatoms. The lowest BCUT2D eigenvalue weighted by atomic mass is 10.2. The van der Waals surface area contributed by atoms with Gasteiger partial charge in [-0.05, 0) is 29.1 Å². The van der Waals surface area contributed by atoms with Crippen LogP contribution in [0.3, 0.4) is 0 Å². The molecule has 0 amide bonds. The van der Waals surface area contributed by atoms with Crippen molar-refractivity contribution < 1.29 is 4.39 Å². The molecular weight excluding hydrogens is 273 g/mol. The number of benzene rings is 1. The minimum atomic E-state index is -0.211. The Hall–Kier alpha value is -1.88. The van der Waals surface area contributed by atoms with Gasteiger partial charge in [-0.15, -0.1) is 11.3 Å². The number of halogens is 1. The van der Waals surface area contributed by atoms with Crippen LogP contribution in [-0.2, 0) is 13.1 Å². The molecule has 1 aromatic heterocycles. The molecule has 106 valence electrons. The molecule has 20 heavy (non-hydrogen) atoms. The highest BCUT2D eigenvalue weighted by molar-refractivity contribution is 7.09. The average Bonchev–Trinajstić information content (AvgIpc) is 2.95. The summed E-state index contributed by atoms with van der Waals surface area (Å²) in [7, 11) is 3.73. The molecular formula is C15H18FN3S. The van der Waals surface area contributed by atoms with Crippen LogP contribution < -0.4 is 5.32 Å². The van der Waals surface area contributed by atoms with Crippen LogP contribution in [0.5, 0.6) is 0 Å². The number of aliphatic imine (C=N–C) groups is 1. The molecule has 3 nitrogen and oxygen atoms in total. The molecule has 0 saturated carbocycles. The van der Waals surface area contributed by atoms with Gasteiger partial charge < -0.3 is 10.2 Å². The molecule has 0 saturated heterocycles. The van der Waals surface area contributed by atoms with Gasteiger partial charge in [-0.2, -0.15) is 0 Å². The number of nitrogens with zero attached hydrogens (tertiary/aromatic N) is 2. The van der Waals surface area contributed by atoms with Gasteiger partial charge in [-0.3, -0.25) is 4.99 Å². The smallest absolute Gasteiger partial charge is 0.193 e. The molecule has 0 unspecified atom stereocenters. The van der Waals surface area contributed by atoms with Crippen LogP contribution in [-0.4, -0.2) is 25.0 Å². The highest BCUT2D eigenvalue weighted by Crippen LogP contribution is 2.09.